The van der Waals surface area contributed by atoms with Crippen molar-refractivity contribution >= 4 is 28.8 Å². The highest BCUT2D eigenvalue weighted by atomic mass is 35.5. The zero-order chi connectivity index (χ0) is 31.0. The summed E-state index contributed by atoms with van der Waals surface area (Å²) in [6, 6.07) is 10.9. The number of aromatic nitrogens is 4. The number of hydrogen-bond donors (Lipinski definition) is 2. The highest BCUT2D eigenvalue weighted by Crippen LogP contribution is 2.40. The SMILES string of the molecule is CCCCOc1cc(C(=O)Nc2cccc(-c3nc4c(Cl)c(C(C)(C)C)[nH]n4n3)c2)cc(OCCCC)c1OCCCC. The maximum absolute atomic E-state index is 13.6. The number of aromatic amines is 1. The highest BCUT2D eigenvalue weighted by Gasteiger charge is 2.25. The van der Waals surface area contributed by atoms with Crippen molar-refractivity contribution in [3.63, 3.8) is 0 Å². The van der Waals surface area contributed by atoms with E-state index in [1.807, 2.05) is 24.3 Å². The molecule has 4 rings (SSSR count). The number of nitrogens with one attached hydrogen (secondary N) is 2. The van der Waals surface area contributed by atoms with Gasteiger partial charge in [-0.05, 0) is 43.5 Å². The summed E-state index contributed by atoms with van der Waals surface area (Å²) in [5.74, 6) is 1.79. The standard InChI is InChI=1S/C33H44ClN5O4/c1-7-10-16-41-25-20-23(21-26(42-17-11-8-2)28(25)43-18-12-9-3)32(40)35-24-15-13-14-22(19-24)30-36-31-27(34)29(33(4,5)6)37-39(31)38-30/h13-15,19-21,37H,7-12,16-18H2,1-6H3,(H,35,40). The number of anilines is 1. The van der Waals surface area contributed by atoms with Crippen LogP contribution in [0.25, 0.3) is 17.0 Å². The molecule has 2 heterocycles. The first-order chi connectivity index (χ1) is 20.7. The van der Waals surface area contributed by atoms with Crippen LogP contribution in [0.3, 0.4) is 0 Å². The van der Waals surface area contributed by atoms with Crippen molar-refractivity contribution < 1.29 is 19.0 Å². The van der Waals surface area contributed by atoms with E-state index in [0.717, 1.165) is 49.8 Å². The second-order valence-corrected chi connectivity index (χ2v) is 12.0. The molecule has 2 N–H and O–H groups in total. The normalized spacial score (nSPS) is 11.6. The summed E-state index contributed by atoms with van der Waals surface area (Å²) in [6.45, 7) is 14.1. The number of ether oxygens (including phenoxy) is 3. The Balaban J connectivity index is 1.61. The van der Waals surface area contributed by atoms with E-state index in [1.165, 1.54) is 0 Å². The predicted octanol–water partition coefficient (Wildman–Crippen LogP) is 8.46. The van der Waals surface area contributed by atoms with Gasteiger partial charge in [0.25, 0.3) is 5.91 Å². The van der Waals surface area contributed by atoms with Gasteiger partial charge in [-0.15, -0.1) is 5.10 Å². The van der Waals surface area contributed by atoms with Crippen molar-refractivity contribution in [1.82, 2.24) is 19.8 Å². The Morgan fingerprint density at radius 2 is 1.53 bits per heavy atom. The first-order valence-electron chi connectivity index (χ1n) is 15.3. The average molecular weight is 610 g/mol. The van der Waals surface area contributed by atoms with Crippen molar-refractivity contribution in [3.05, 3.63) is 52.7 Å². The third kappa shape index (κ3) is 8.02. The van der Waals surface area contributed by atoms with Crippen molar-refractivity contribution in [2.45, 2.75) is 85.5 Å². The summed E-state index contributed by atoms with van der Waals surface area (Å²) in [6.07, 6.45) is 5.69. The number of unbranched alkanes of at least 4 members (excludes halogenated alkanes) is 3. The molecule has 2 aromatic carbocycles. The number of H-pyrrole nitrogens is 1. The molecule has 0 unspecified atom stereocenters. The van der Waals surface area contributed by atoms with E-state index in [0.29, 0.717) is 64.8 Å². The van der Waals surface area contributed by atoms with Crippen LogP contribution in [0.5, 0.6) is 17.2 Å². The van der Waals surface area contributed by atoms with E-state index in [-0.39, 0.29) is 11.3 Å². The van der Waals surface area contributed by atoms with Crippen molar-refractivity contribution in [2.75, 3.05) is 25.1 Å². The molecular formula is C33H44ClN5O4. The van der Waals surface area contributed by atoms with Crippen molar-refractivity contribution in [1.29, 1.82) is 0 Å². The van der Waals surface area contributed by atoms with Crippen LogP contribution in [-0.2, 0) is 5.41 Å². The fraction of sp³-hybridized carbons (Fsp3) is 0.485. The molecule has 0 radical (unpaired) electrons. The molecule has 0 aliphatic carbocycles. The summed E-state index contributed by atoms with van der Waals surface area (Å²) in [5.41, 5.74) is 3.02. The van der Waals surface area contributed by atoms with E-state index < -0.39 is 0 Å². The van der Waals surface area contributed by atoms with Gasteiger partial charge in [-0.1, -0.05) is 84.5 Å². The Morgan fingerprint density at radius 1 is 0.930 bits per heavy atom. The summed E-state index contributed by atoms with van der Waals surface area (Å²) >= 11 is 6.62. The average Bonchev–Trinajstić information content (AvgIpc) is 3.54. The molecule has 0 spiro atoms. The van der Waals surface area contributed by atoms with Crippen LogP contribution in [0, 0.1) is 0 Å². The Bertz CT molecular complexity index is 1490. The first kappa shape index (κ1) is 32.2. The number of amides is 1. The number of benzene rings is 2. The zero-order valence-electron chi connectivity index (χ0n) is 26.2. The van der Waals surface area contributed by atoms with E-state index >= 15 is 0 Å². The van der Waals surface area contributed by atoms with Gasteiger partial charge in [-0.2, -0.15) is 4.63 Å². The minimum absolute atomic E-state index is 0.175. The quantitative estimate of drug-likeness (QED) is 0.131. The molecule has 43 heavy (non-hydrogen) atoms. The minimum atomic E-state index is -0.291. The second kappa shape index (κ2) is 14.6. The summed E-state index contributed by atoms with van der Waals surface area (Å²) in [7, 11) is 0. The van der Waals surface area contributed by atoms with E-state index in [1.54, 1.807) is 16.8 Å². The Hall–Kier alpha value is -3.72. The number of rotatable bonds is 15. The smallest absolute Gasteiger partial charge is 0.255 e. The molecular weight excluding hydrogens is 566 g/mol. The van der Waals surface area contributed by atoms with Gasteiger partial charge in [0, 0.05) is 22.2 Å². The van der Waals surface area contributed by atoms with Crippen molar-refractivity contribution in [2.24, 2.45) is 0 Å². The van der Waals surface area contributed by atoms with Gasteiger partial charge in [0.15, 0.2) is 23.0 Å². The topological polar surface area (TPSA) is 103 Å². The van der Waals surface area contributed by atoms with Gasteiger partial charge in [0.05, 0.1) is 25.5 Å². The fourth-order valence-electron chi connectivity index (χ4n) is 4.39. The Labute approximate surface area is 259 Å². The molecule has 0 saturated carbocycles. The molecule has 10 heteroatoms. The van der Waals surface area contributed by atoms with E-state index in [4.69, 9.17) is 25.8 Å². The van der Waals surface area contributed by atoms with Crippen LogP contribution in [-0.4, -0.2) is 45.5 Å². The lowest BCUT2D eigenvalue weighted by Crippen LogP contribution is -2.14. The molecule has 9 nitrogen and oxygen atoms in total. The summed E-state index contributed by atoms with van der Waals surface area (Å²) < 4.78 is 20.0. The third-order valence-corrected chi connectivity index (χ3v) is 7.27. The van der Waals surface area contributed by atoms with Gasteiger partial charge >= 0.3 is 0 Å². The predicted molar refractivity (Wildman–Crippen MR) is 172 cm³/mol. The van der Waals surface area contributed by atoms with Crippen LogP contribution in [0.4, 0.5) is 5.69 Å². The van der Waals surface area contributed by atoms with E-state index in [9.17, 15) is 4.79 Å². The van der Waals surface area contributed by atoms with Crippen LogP contribution in [0.2, 0.25) is 5.02 Å². The lowest BCUT2D eigenvalue weighted by molar-refractivity contribution is 0.102. The number of halogens is 1. The number of hydrogen-bond acceptors (Lipinski definition) is 6. The highest BCUT2D eigenvalue weighted by molar-refractivity contribution is 6.34. The van der Waals surface area contributed by atoms with Crippen LogP contribution in [0.1, 0.15) is 96.1 Å². The molecule has 0 bridgehead atoms. The van der Waals surface area contributed by atoms with Crippen molar-refractivity contribution in [3.8, 4) is 28.6 Å². The van der Waals surface area contributed by atoms with Gasteiger partial charge in [0.1, 0.15) is 5.02 Å². The van der Waals surface area contributed by atoms with Gasteiger partial charge < -0.3 is 19.5 Å². The van der Waals surface area contributed by atoms with Gasteiger partial charge in [-0.25, -0.2) is 4.98 Å². The number of carbonyl (C=O) groups is 1. The molecule has 232 valence electrons. The number of nitrogens with zero attached hydrogens (tertiary/aromatic N) is 3. The number of carbonyl (C=O) groups excluding carboxylic acids is 1. The maximum atomic E-state index is 13.6. The summed E-state index contributed by atoms with van der Waals surface area (Å²) in [4.78, 5) is 18.2. The lowest BCUT2D eigenvalue weighted by Gasteiger charge is -2.18. The lowest BCUT2D eigenvalue weighted by atomic mass is 9.92. The minimum Gasteiger partial charge on any atom is -0.490 e. The molecule has 0 atom stereocenters. The molecule has 0 aliphatic rings. The van der Waals surface area contributed by atoms with Crippen LogP contribution >= 0.6 is 11.6 Å². The van der Waals surface area contributed by atoms with Gasteiger partial charge in [0.2, 0.25) is 5.75 Å². The summed E-state index contributed by atoms with van der Waals surface area (Å²) in [5, 5.41) is 11.4. The molecule has 0 saturated heterocycles. The number of fused-ring (bicyclic) bond motifs is 1. The largest absolute Gasteiger partial charge is 0.490 e. The zero-order valence-corrected chi connectivity index (χ0v) is 26.9. The second-order valence-electron chi connectivity index (χ2n) is 11.7. The molecule has 2 aromatic heterocycles. The first-order valence-corrected chi connectivity index (χ1v) is 15.7. The Morgan fingerprint density at radius 3 is 2.09 bits per heavy atom. The van der Waals surface area contributed by atoms with E-state index in [2.05, 4.69) is 62.0 Å². The molecule has 0 fully saturated rings. The van der Waals surface area contributed by atoms with Crippen LogP contribution < -0.4 is 19.5 Å². The van der Waals surface area contributed by atoms with Crippen LogP contribution in [0.15, 0.2) is 36.4 Å². The third-order valence-electron chi connectivity index (χ3n) is 6.91. The molecule has 1 amide bonds. The van der Waals surface area contributed by atoms with Gasteiger partial charge in [-0.3, -0.25) is 9.89 Å². The molecule has 4 aromatic rings. The Kier molecular flexibility index (Phi) is 11.0. The monoisotopic (exact) mass is 609 g/mol. The molecule has 0 aliphatic heterocycles. The maximum Gasteiger partial charge on any atom is 0.255 e. The fourth-order valence-corrected chi connectivity index (χ4v) is 4.84.